The van der Waals surface area contributed by atoms with Crippen molar-refractivity contribution in [1.82, 2.24) is 58.8 Å². The fourth-order valence-corrected chi connectivity index (χ4v) is 12.6. The number of thiocarbonyl (C=S) groups is 1. The molecule has 0 aromatic carbocycles. The average molecular weight is 1420 g/mol. The number of carboxylic acids is 1. The summed E-state index contributed by atoms with van der Waals surface area (Å²) >= 11 is 4.66. The lowest BCUT2D eigenvalue weighted by Gasteiger charge is -2.36. The summed E-state index contributed by atoms with van der Waals surface area (Å²) in [5.41, 5.74) is 0. The number of Topliss-reactive ketones (excluding diaryl/α,β-unsaturated/α-hetero) is 12. The summed E-state index contributed by atoms with van der Waals surface area (Å²) in [5, 5.41) is 11.5. The number of hydrogen-bond acceptors (Lipinski definition) is 29. The second kappa shape index (κ2) is 52.2. The number of carbonyl (C=O) groups is 13. The first kappa shape index (κ1) is 91.2. The van der Waals surface area contributed by atoms with Crippen LogP contribution in [0.4, 0.5) is 0 Å². The number of rotatable bonds is 33. The minimum absolute atomic E-state index is 0.00735. The highest BCUT2D eigenvalue weighted by Gasteiger charge is 2.30. The lowest BCUT2D eigenvalue weighted by Crippen LogP contribution is -2.51. The van der Waals surface area contributed by atoms with E-state index >= 15 is 0 Å². The molecular formula is C69H118N14O15S. The van der Waals surface area contributed by atoms with Gasteiger partial charge in [0.2, 0.25) is 6.08 Å². The van der Waals surface area contributed by atoms with Crippen molar-refractivity contribution in [2.24, 2.45) is 9.98 Å². The molecule has 29 nitrogen and oxygen atoms in total. The number of isocyanates is 1. The van der Waals surface area contributed by atoms with Gasteiger partial charge in [-0.3, -0.25) is 121 Å². The molecule has 0 saturated carbocycles. The normalized spacial score (nSPS) is 19.1. The molecule has 560 valence electrons. The van der Waals surface area contributed by atoms with E-state index in [1.807, 2.05) is 19.6 Å². The molecule has 0 spiro atoms. The molecule has 3 unspecified atom stereocenters. The van der Waals surface area contributed by atoms with Crippen molar-refractivity contribution in [3.63, 3.8) is 0 Å². The number of aliphatic carboxylic acids is 1. The smallest absolute Gasteiger partial charge is 0.303 e. The van der Waals surface area contributed by atoms with Crippen LogP contribution in [0.2, 0.25) is 0 Å². The molecule has 30 heteroatoms. The number of aliphatic imine (C=N–C) groups is 2. The van der Waals surface area contributed by atoms with Crippen molar-refractivity contribution >= 4 is 98.8 Å². The Morgan fingerprint density at radius 3 is 0.626 bits per heavy atom. The summed E-state index contributed by atoms with van der Waals surface area (Å²) in [5.74, 6) is -0.405. The first-order valence-corrected chi connectivity index (χ1v) is 35.1. The fraction of sp³-hybridized carbons (Fsp3) is 0.783. The van der Waals surface area contributed by atoms with Gasteiger partial charge in [0.25, 0.3) is 0 Å². The van der Waals surface area contributed by atoms with Gasteiger partial charge in [-0.2, -0.15) is 0 Å². The molecule has 1 N–H and O–H groups in total. The van der Waals surface area contributed by atoms with Gasteiger partial charge in [-0.1, -0.05) is 0 Å². The highest BCUT2D eigenvalue weighted by Crippen LogP contribution is 2.14. The first-order chi connectivity index (χ1) is 46.7. The molecule has 0 aliphatic carbocycles. The topological polar surface area (TPSA) is 323 Å². The zero-order valence-electron chi connectivity index (χ0n) is 61.6. The van der Waals surface area contributed by atoms with Crippen LogP contribution < -0.4 is 0 Å². The van der Waals surface area contributed by atoms with Crippen LogP contribution in [-0.2, 0) is 67.1 Å². The van der Waals surface area contributed by atoms with E-state index in [4.69, 9.17) is 5.11 Å². The first-order valence-electron chi connectivity index (χ1n) is 34.7. The van der Waals surface area contributed by atoms with Crippen LogP contribution in [-0.4, -0.2) is 398 Å². The van der Waals surface area contributed by atoms with Gasteiger partial charge in [0.05, 0.1) is 95.3 Å². The van der Waals surface area contributed by atoms with Crippen molar-refractivity contribution < 1.29 is 72.2 Å². The zero-order chi connectivity index (χ0) is 74.6. The Kier molecular flexibility index (Phi) is 48.1. The van der Waals surface area contributed by atoms with E-state index in [9.17, 15) is 67.1 Å². The predicted octanol–water partition coefficient (Wildman–Crippen LogP) is -0.119. The minimum Gasteiger partial charge on any atom is -0.481 e. The highest BCUT2D eigenvalue weighted by molar-refractivity contribution is 7.78. The molecule has 3 fully saturated rings. The summed E-state index contributed by atoms with van der Waals surface area (Å²) in [4.78, 5) is 197. The van der Waals surface area contributed by atoms with Crippen LogP contribution in [0.15, 0.2) is 9.98 Å². The molecule has 3 heterocycles. The van der Waals surface area contributed by atoms with Gasteiger partial charge >= 0.3 is 5.97 Å². The number of nitrogens with zero attached hydrogens (tertiary/aromatic N) is 14. The Labute approximate surface area is 593 Å². The van der Waals surface area contributed by atoms with Crippen LogP contribution in [0.5, 0.6) is 0 Å². The van der Waals surface area contributed by atoms with E-state index in [0.29, 0.717) is 222 Å². The number of isothiocyanates is 1. The summed E-state index contributed by atoms with van der Waals surface area (Å²) in [7, 11) is 0. The van der Waals surface area contributed by atoms with Crippen molar-refractivity contribution in [3.8, 4) is 0 Å². The summed E-state index contributed by atoms with van der Waals surface area (Å²) in [6.45, 7) is 36.4. The summed E-state index contributed by atoms with van der Waals surface area (Å²) < 4.78 is 0. The van der Waals surface area contributed by atoms with Gasteiger partial charge in [-0.15, -0.1) is 0 Å². The molecular weight excluding hydrogens is 1300 g/mol. The van der Waals surface area contributed by atoms with Gasteiger partial charge in [-0.25, -0.2) is 14.8 Å². The standard InChI is InChI=1S/C23H39N5O5.C23H39N5O4S.C23H40N4O6/c1-19(30)15-25-7-9-26(16-20(2)31)11-13-28(23(22(4)33)5-6-24-18-29)14-12-27(10-8-25)17-21(3)32;1-19(29)15-25-7-9-26(16-20(2)30)11-13-28(23(22(4)32)5-6-24-18-33)14-12-27(10-8-25)17-21(3)31;1-18(28)15-24-7-9-25(16-19(2)29)11-13-27(22(21(4)31)5-6-23(32)33)14-12-26(10-8-24)17-20(3)30/h2*23H,5-17H2,1-4H3;22H,5-17H2,1-4H3,(H,32,33). The third-order valence-electron chi connectivity index (χ3n) is 17.2. The highest BCUT2D eigenvalue weighted by atomic mass is 32.1. The second-order valence-electron chi connectivity index (χ2n) is 26.7. The largest absolute Gasteiger partial charge is 0.481 e. The van der Waals surface area contributed by atoms with Crippen LogP contribution in [0.3, 0.4) is 0 Å². The van der Waals surface area contributed by atoms with Crippen LogP contribution in [0.1, 0.15) is 109 Å². The maximum absolute atomic E-state index is 12.5. The summed E-state index contributed by atoms with van der Waals surface area (Å²) in [6, 6.07) is -1.25. The molecule has 0 aromatic rings. The molecule has 0 bridgehead atoms. The SMILES string of the molecule is CC(=O)CN1CCN(CC(C)=O)CCN(C(CCC(=O)O)C(C)=O)CCN(CC(C)=O)CC1.CC(=O)CN1CCN(CC(C)=O)CCN(C(CCN=C=O)C(C)=O)CCN(CC(C)=O)CC1.CC(=O)CN1CCN(CC(C)=O)CCN(C(CCN=C=S)C(C)=O)CCN(CC(C)=O)CC1. The number of carboxylic acid groups (broad SMARTS) is 1. The third-order valence-corrected chi connectivity index (χ3v) is 17.3. The van der Waals surface area contributed by atoms with Crippen LogP contribution >= 0.6 is 12.2 Å². The molecule has 0 aromatic heterocycles. The molecule has 3 saturated heterocycles. The lowest BCUT2D eigenvalue weighted by atomic mass is 10.1. The van der Waals surface area contributed by atoms with E-state index in [2.05, 4.69) is 66.6 Å². The van der Waals surface area contributed by atoms with Crippen molar-refractivity contribution in [2.45, 2.75) is 127 Å². The van der Waals surface area contributed by atoms with Gasteiger partial charge in [0.15, 0.2) is 0 Å². The molecule has 3 rings (SSSR count). The third kappa shape index (κ3) is 44.9. The molecule has 99 heavy (non-hydrogen) atoms. The molecule has 0 radical (unpaired) electrons. The zero-order valence-corrected chi connectivity index (χ0v) is 62.5. The van der Waals surface area contributed by atoms with Gasteiger partial charge in [0.1, 0.15) is 69.4 Å². The Bertz CT molecular complexity index is 2350. The van der Waals surface area contributed by atoms with E-state index in [-0.39, 0.29) is 108 Å². The van der Waals surface area contributed by atoms with Crippen LogP contribution in [0.25, 0.3) is 0 Å². The van der Waals surface area contributed by atoms with E-state index in [1.165, 1.54) is 33.8 Å². The Morgan fingerprint density at radius 1 is 0.303 bits per heavy atom. The maximum atomic E-state index is 12.5. The fourth-order valence-electron chi connectivity index (χ4n) is 12.5. The summed E-state index contributed by atoms with van der Waals surface area (Å²) in [6.07, 6.45) is 2.60. The number of ketones is 12. The maximum Gasteiger partial charge on any atom is 0.303 e. The van der Waals surface area contributed by atoms with Crippen molar-refractivity contribution in [1.29, 1.82) is 0 Å². The van der Waals surface area contributed by atoms with E-state index < -0.39 is 18.1 Å². The number of hydrogen-bond donors (Lipinski definition) is 1. The van der Waals surface area contributed by atoms with Gasteiger partial charge < -0.3 is 5.11 Å². The molecule has 3 aliphatic rings. The Hall–Kier alpha value is -5.79. The predicted molar refractivity (Wildman–Crippen MR) is 381 cm³/mol. The lowest BCUT2D eigenvalue weighted by molar-refractivity contribution is -0.138. The van der Waals surface area contributed by atoms with E-state index in [0.717, 1.165) is 0 Å². The minimum atomic E-state index is -0.947. The van der Waals surface area contributed by atoms with Crippen molar-refractivity contribution in [2.75, 3.05) is 229 Å². The molecule has 0 amide bonds. The van der Waals surface area contributed by atoms with E-state index in [1.54, 1.807) is 55.4 Å². The monoisotopic (exact) mass is 1410 g/mol. The average Bonchev–Trinajstić information content (AvgIpc) is 0.902. The van der Waals surface area contributed by atoms with Gasteiger partial charge in [0, 0.05) is 163 Å². The number of carbonyl (C=O) groups excluding carboxylic acids is 13. The quantitative estimate of drug-likeness (QED) is 0.0509. The molecule has 3 atom stereocenters. The Morgan fingerprint density at radius 2 is 0.475 bits per heavy atom. The van der Waals surface area contributed by atoms with Crippen molar-refractivity contribution in [3.05, 3.63) is 0 Å². The van der Waals surface area contributed by atoms with Crippen LogP contribution in [0, 0.1) is 0 Å². The Balaban J connectivity index is 0.000000742. The van der Waals surface area contributed by atoms with Gasteiger partial charge in [-0.05, 0) is 115 Å². The second-order valence-corrected chi connectivity index (χ2v) is 26.9. The molecule has 3 aliphatic heterocycles.